The molecular weight excluding hydrogens is 304 g/mol. The molecule has 0 atom stereocenters. The van der Waals surface area contributed by atoms with Crippen LogP contribution < -0.4 is 5.32 Å². The molecule has 0 bridgehead atoms. The van der Waals surface area contributed by atoms with E-state index in [-0.39, 0.29) is 12.1 Å². The van der Waals surface area contributed by atoms with E-state index < -0.39 is 0 Å². The highest BCUT2D eigenvalue weighted by Crippen LogP contribution is 2.21. The summed E-state index contributed by atoms with van der Waals surface area (Å²) in [5.74, 6) is 0.878. The molecule has 0 spiro atoms. The molecule has 1 aliphatic rings. The molecule has 1 aliphatic heterocycles. The van der Waals surface area contributed by atoms with Crippen molar-refractivity contribution in [2.24, 2.45) is 7.05 Å². The summed E-state index contributed by atoms with van der Waals surface area (Å²) in [6.45, 7) is 4.20. The number of benzene rings is 1. The maximum Gasteiger partial charge on any atom is 0.321 e. The van der Waals surface area contributed by atoms with Gasteiger partial charge in [0.1, 0.15) is 5.82 Å². The largest absolute Gasteiger partial charge is 0.378 e. The Labute approximate surface area is 142 Å². The van der Waals surface area contributed by atoms with Crippen molar-refractivity contribution in [1.82, 2.24) is 14.5 Å². The fraction of sp³-hybridized carbons (Fsp3) is 0.444. The van der Waals surface area contributed by atoms with Crippen LogP contribution in [0.4, 0.5) is 10.5 Å². The molecule has 0 saturated carbocycles. The van der Waals surface area contributed by atoms with Gasteiger partial charge < -0.3 is 19.5 Å². The molecule has 1 saturated heterocycles. The summed E-state index contributed by atoms with van der Waals surface area (Å²) in [5.41, 5.74) is 1.77. The maximum atomic E-state index is 12.4. The fourth-order valence-corrected chi connectivity index (χ4v) is 3.04. The normalized spacial score (nSPS) is 15.5. The number of imidazole rings is 1. The summed E-state index contributed by atoms with van der Waals surface area (Å²) in [6, 6.07) is 7.72. The molecule has 1 N–H and O–H groups in total. The lowest BCUT2D eigenvalue weighted by Gasteiger charge is -2.31. The van der Waals surface area contributed by atoms with Gasteiger partial charge in [0, 0.05) is 50.4 Å². The third-order valence-corrected chi connectivity index (χ3v) is 4.32. The average molecular weight is 328 g/mol. The summed E-state index contributed by atoms with van der Waals surface area (Å²) in [6.07, 6.45) is 5.75. The zero-order chi connectivity index (χ0) is 16.9. The van der Waals surface area contributed by atoms with Gasteiger partial charge in [-0.1, -0.05) is 12.1 Å². The number of aryl methyl sites for hydroxylation is 1. The van der Waals surface area contributed by atoms with Crippen LogP contribution in [0.15, 0.2) is 36.7 Å². The molecular formula is C18H24N4O2. The van der Waals surface area contributed by atoms with Crippen molar-refractivity contribution in [2.75, 3.05) is 25.0 Å². The fourth-order valence-electron chi connectivity index (χ4n) is 3.04. The number of nitrogens with zero attached hydrogens (tertiary/aromatic N) is 3. The Morgan fingerprint density at radius 2 is 2.17 bits per heavy atom. The Hall–Kier alpha value is -2.34. The topological polar surface area (TPSA) is 59.4 Å². The number of amides is 2. The van der Waals surface area contributed by atoms with Gasteiger partial charge >= 0.3 is 6.03 Å². The van der Waals surface area contributed by atoms with Crippen molar-refractivity contribution in [1.29, 1.82) is 0 Å². The van der Waals surface area contributed by atoms with Crippen LogP contribution in [0.2, 0.25) is 0 Å². The van der Waals surface area contributed by atoms with E-state index in [2.05, 4.69) is 10.3 Å². The number of carbonyl (C=O) groups is 1. The predicted octanol–water partition coefficient (Wildman–Crippen LogP) is 3.12. The quantitative estimate of drug-likeness (QED) is 0.938. The van der Waals surface area contributed by atoms with E-state index in [9.17, 15) is 4.79 Å². The molecule has 6 heteroatoms. The van der Waals surface area contributed by atoms with Gasteiger partial charge in [0.25, 0.3) is 0 Å². The standard InChI is InChI=1S/C18H24N4O2/c1-3-24-16-7-10-22(11-8-16)18(23)20-15-6-4-5-14(13-15)17-19-9-12-21(17)2/h4-6,9,12-13,16H,3,7-8,10-11H2,1-2H3,(H,20,23). The highest BCUT2D eigenvalue weighted by atomic mass is 16.5. The Bertz CT molecular complexity index is 690. The van der Waals surface area contributed by atoms with Crippen LogP contribution in [-0.4, -0.2) is 46.3 Å². The van der Waals surface area contributed by atoms with E-state index in [4.69, 9.17) is 4.74 Å². The predicted molar refractivity (Wildman–Crippen MR) is 93.9 cm³/mol. The van der Waals surface area contributed by atoms with Gasteiger partial charge in [0.15, 0.2) is 0 Å². The van der Waals surface area contributed by atoms with Crippen LogP contribution in [0.1, 0.15) is 19.8 Å². The molecule has 0 aliphatic carbocycles. The summed E-state index contributed by atoms with van der Waals surface area (Å²) in [7, 11) is 1.95. The van der Waals surface area contributed by atoms with E-state index >= 15 is 0 Å². The van der Waals surface area contributed by atoms with Gasteiger partial charge in [-0.3, -0.25) is 0 Å². The molecule has 1 aromatic heterocycles. The second-order valence-corrected chi connectivity index (χ2v) is 6.01. The van der Waals surface area contributed by atoms with Crippen molar-refractivity contribution in [2.45, 2.75) is 25.9 Å². The number of anilines is 1. The van der Waals surface area contributed by atoms with Gasteiger partial charge in [0.2, 0.25) is 0 Å². The lowest BCUT2D eigenvalue weighted by molar-refractivity contribution is 0.0232. The van der Waals surface area contributed by atoms with E-state index in [1.807, 2.05) is 53.9 Å². The molecule has 2 amide bonds. The van der Waals surface area contributed by atoms with Gasteiger partial charge in [-0.15, -0.1) is 0 Å². The summed E-state index contributed by atoms with van der Waals surface area (Å²) in [4.78, 5) is 18.6. The van der Waals surface area contributed by atoms with Gasteiger partial charge in [-0.2, -0.15) is 0 Å². The molecule has 6 nitrogen and oxygen atoms in total. The lowest BCUT2D eigenvalue weighted by Crippen LogP contribution is -2.43. The first-order valence-electron chi connectivity index (χ1n) is 8.42. The molecule has 2 heterocycles. The highest BCUT2D eigenvalue weighted by Gasteiger charge is 2.23. The SMILES string of the molecule is CCOC1CCN(C(=O)Nc2cccc(-c3nccn3C)c2)CC1. The number of likely N-dealkylation sites (tertiary alicyclic amines) is 1. The van der Waals surface area contributed by atoms with Gasteiger partial charge in [0.05, 0.1) is 6.10 Å². The number of rotatable bonds is 4. The summed E-state index contributed by atoms with van der Waals surface area (Å²) < 4.78 is 7.59. The lowest BCUT2D eigenvalue weighted by atomic mass is 10.1. The van der Waals surface area contributed by atoms with Crippen LogP contribution in [0.25, 0.3) is 11.4 Å². The van der Waals surface area contributed by atoms with Crippen LogP contribution in [0.3, 0.4) is 0 Å². The average Bonchev–Trinajstić information content (AvgIpc) is 3.02. The van der Waals surface area contributed by atoms with E-state index in [1.165, 1.54) is 0 Å². The third-order valence-electron chi connectivity index (χ3n) is 4.32. The van der Waals surface area contributed by atoms with Crippen LogP contribution in [-0.2, 0) is 11.8 Å². The number of carbonyl (C=O) groups excluding carboxylic acids is 1. The Balaban J connectivity index is 1.62. The first-order chi connectivity index (χ1) is 11.7. The summed E-state index contributed by atoms with van der Waals surface area (Å²) >= 11 is 0. The minimum Gasteiger partial charge on any atom is -0.378 e. The molecule has 128 valence electrons. The van der Waals surface area contributed by atoms with E-state index in [1.54, 1.807) is 6.20 Å². The van der Waals surface area contributed by atoms with Crippen molar-refractivity contribution in [3.05, 3.63) is 36.7 Å². The Kier molecular flexibility index (Phi) is 5.15. The molecule has 1 fully saturated rings. The third kappa shape index (κ3) is 3.76. The maximum absolute atomic E-state index is 12.4. The minimum absolute atomic E-state index is 0.0538. The smallest absolute Gasteiger partial charge is 0.321 e. The summed E-state index contributed by atoms with van der Waals surface area (Å²) in [5, 5.41) is 2.99. The van der Waals surface area contributed by atoms with Crippen LogP contribution >= 0.6 is 0 Å². The molecule has 24 heavy (non-hydrogen) atoms. The molecule has 0 unspecified atom stereocenters. The highest BCUT2D eigenvalue weighted by molar-refractivity contribution is 5.90. The van der Waals surface area contributed by atoms with Crippen molar-refractivity contribution in [3.63, 3.8) is 0 Å². The monoisotopic (exact) mass is 328 g/mol. The number of hydrogen-bond acceptors (Lipinski definition) is 3. The Morgan fingerprint density at radius 1 is 1.38 bits per heavy atom. The van der Waals surface area contributed by atoms with Gasteiger partial charge in [-0.05, 0) is 31.9 Å². The molecule has 3 rings (SSSR count). The van der Waals surface area contributed by atoms with Crippen LogP contribution in [0.5, 0.6) is 0 Å². The number of urea groups is 1. The second-order valence-electron chi connectivity index (χ2n) is 6.01. The van der Waals surface area contributed by atoms with E-state index in [0.29, 0.717) is 0 Å². The number of ether oxygens (including phenoxy) is 1. The van der Waals surface area contributed by atoms with Gasteiger partial charge in [-0.25, -0.2) is 9.78 Å². The minimum atomic E-state index is -0.0538. The zero-order valence-electron chi connectivity index (χ0n) is 14.2. The second kappa shape index (κ2) is 7.49. The number of piperidine rings is 1. The molecule has 2 aromatic rings. The molecule has 1 aromatic carbocycles. The number of aromatic nitrogens is 2. The van der Waals surface area contributed by atoms with Crippen molar-refractivity contribution < 1.29 is 9.53 Å². The Morgan fingerprint density at radius 3 is 2.83 bits per heavy atom. The van der Waals surface area contributed by atoms with E-state index in [0.717, 1.165) is 49.6 Å². The van der Waals surface area contributed by atoms with Crippen molar-refractivity contribution >= 4 is 11.7 Å². The van der Waals surface area contributed by atoms with Crippen molar-refractivity contribution in [3.8, 4) is 11.4 Å². The molecule has 0 radical (unpaired) electrons. The first-order valence-corrected chi connectivity index (χ1v) is 8.42. The number of hydrogen-bond donors (Lipinski definition) is 1. The zero-order valence-corrected chi connectivity index (χ0v) is 14.2. The first kappa shape index (κ1) is 16.5. The number of nitrogens with one attached hydrogen (secondary N) is 1. The van der Waals surface area contributed by atoms with Crippen LogP contribution in [0, 0.1) is 0 Å².